The summed E-state index contributed by atoms with van der Waals surface area (Å²) in [7, 11) is -3.59. The van der Waals surface area contributed by atoms with Crippen LogP contribution >= 0.6 is 0 Å². The normalized spacial score (nSPS) is 15.5. The number of amides is 1. The summed E-state index contributed by atoms with van der Waals surface area (Å²) in [5.41, 5.74) is 0.852. The molecule has 1 aliphatic rings. The highest BCUT2D eigenvalue weighted by Crippen LogP contribution is 2.44. The van der Waals surface area contributed by atoms with Gasteiger partial charge < -0.3 is 0 Å². The van der Waals surface area contributed by atoms with Crippen molar-refractivity contribution >= 4 is 27.1 Å². The molecule has 2 aromatic carbocycles. The zero-order valence-electron chi connectivity index (χ0n) is 11.8. The van der Waals surface area contributed by atoms with Gasteiger partial charge in [0, 0.05) is 5.92 Å². The molecule has 1 aliphatic heterocycles. The molecule has 0 aliphatic carbocycles. The van der Waals surface area contributed by atoms with E-state index in [9.17, 15) is 13.2 Å². The number of para-hydroxylation sites is 2. The molecule has 0 N–H and O–H groups in total. The van der Waals surface area contributed by atoms with Gasteiger partial charge in [-0.25, -0.2) is 8.42 Å². The first-order valence-corrected chi connectivity index (χ1v) is 8.20. The number of carbonyl (C=O) groups excluding carboxylic acids is 1. The largest absolute Gasteiger partial charge is 0.278 e. The summed E-state index contributed by atoms with van der Waals surface area (Å²) in [6.45, 7) is 3.60. The van der Waals surface area contributed by atoms with Crippen LogP contribution in [0.15, 0.2) is 58.3 Å². The van der Waals surface area contributed by atoms with Gasteiger partial charge in [-0.3, -0.25) is 9.69 Å². The number of carbonyl (C=O) groups is 1. The van der Waals surface area contributed by atoms with E-state index in [1.807, 2.05) is 0 Å². The maximum absolute atomic E-state index is 12.7. The fourth-order valence-electron chi connectivity index (χ4n) is 2.48. The molecule has 1 amide bonds. The van der Waals surface area contributed by atoms with Crippen molar-refractivity contribution in [1.29, 1.82) is 0 Å². The molecule has 2 aromatic rings. The molecular formula is C16H15NO3S. The zero-order chi connectivity index (χ0) is 15.2. The van der Waals surface area contributed by atoms with Crippen molar-refractivity contribution in [2.45, 2.75) is 23.6 Å². The van der Waals surface area contributed by atoms with Crippen molar-refractivity contribution < 1.29 is 13.2 Å². The van der Waals surface area contributed by atoms with Crippen molar-refractivity contribution in [2.24, 2.45) is 5.92 Å². The second-order valence-corrected chi connectivity index (χ2v) is 7.15. The molecule has 0 saturated heterocycles. The third kappa shape index (κ3) is 1.96. The first-order chi connectivity index (χ1) is 9.94. The van der Waals surface area contributed by atoms with Crippen LogP contribution in [-0.2, 0) is 14.6 Å². The Balaban J connectivity index is 2.37. The summed E-state index contributed by atoms with van der Waals surface area (Å²) in [6.07, 6.45) is 0. The Morgan fingerprint density at radius 3 is 1.76 bits per heavy atom. The van der Waals surface area contributed by atoms with Gasteiger partial charge in [-0.1, -0.05) is 38.1 Å². The average molecular weight is 301 g/mol. The van der Waals surface area contributed by atoms with Gasteiger partial charge in [0.15, 0.2) is 0 Å². The van der Waals surface area contributed by atoms with Crippen molar-refractivity contribution in [1.82, 2.24) is 0 Å². The first-order valence-electron chi connectivity index (χ1n) is 6.71. The predicted molar refractivity (Wildman–Crippen MR) is 80.3 cm³/mol. The number of rotatable bonds is 1. The van der Waals surface area contributed by atoms with Crippen LogP contribution in [0.2, 0.25) is 0 Å². The third-order valence-electron chi connectivity index (χ3n) is 3.51. The summed E-state index contributed by atoms with van der Waals surface area (Å²) in [5, 5.41) is 0. The minimum absolute atomic E-state index is 0.121. The molecule has 0 unspecified atom stereocenters. The number of hydrogen-bond acceptors (Lipinski definition) is 3. The van der Waals surface area contributed by atoms with E-state index in [1.165, 1.54) is 4.90 Å². The molecule has 3 rings (SSSR count). The van der Waals surface area contributed by atoms with Gasteiger partial charge in [0.1, 0.15) is 0 Å². The Morgan fingerprint density at radius 2 is 1.33 bits per heavy atom. The summed E-state index contributed by atoms with van der Waals surface area (Å²) in [5.74, 6) is -0.350. The van der Waals surface area contributed by atoms with Crippen LogP contribution in [-0.4, -0.2) is 14.3 Å². The minimum atomic E-state index is -3.59. The second kappa shape index (κ2) is 4.70. The Morgan fingerprint density at radius 1 is 0.905 bits per heavy atom. The number of nitrogens with zero attached hydrogens (tertiary/aromatic N) is 1. The van der Waals surface area contributed by atoms with Gasteiger partial charge in [0.25, 0.3) is 0 Å². The first kappa shape index (κ1) is 13.8. The lowest BCUT2D eigenvalue weighted by molar-refractivity contribution is -0.120. The fourth-order valence-corrected chi connectivity index (χ4v) is 4.10. The van der Waals surface area contributed by atoms with E-state index >= 15 is 0 Å². The van der Waals surface area contributed by atoms with Crippen molar-refractivity contribution in [3.8, 4) is 0 Å². The lowest BCUT2D eigenvalue weighted by Crippen LogP contribution is -2.34. The third-order valence-corrected chi connectivity index (χ3v) is 5.35. The molecule has 108 valence electrons. The molecule has 0 atom stereocenters. The topological polar surface area (TPSA) is 54.5 Å². The number of hydrogen-bond donors (Lipinski definition) is 0. The fraction of sp³-hybridized carbons (Fsp3) is 0.188. The van der Waals surface area contributed by atoms with Crippen LogP contribution in [0.3, 0.4) is 0 Å². The van der Waals surface area contributed by atoms with E-state index in [4.69, 9.17) is 0 Å². The van der Waals surface area contributed by atoms with E-state index in [0.717, 1.165) is 0 Å². The smallest absolute Gasteiger partial charge is 0.234 e. The Labute approximate surface area is 123 Å². The molecule has 0 aromatic heterocycles. The molecule has 0 radical (unpaired) electrons. The monoisotopic (exact) mass is 301 g/mol. The van der Waals surface area contributed by atoms with Crippen molar-refractivity contribution in [3.63, 3.8) is 0 Å². The molecule has 0 fully saturated rings. The maximum Gasteiger partial charge on any atom is 0.234 e. The highest BCUT2D eigenvalue weighted by atomic mass is 32.2. The second-order valence-electron chi connectivity index (χ2n) is 5.27. The van der Waals surface area contributed by atoms with Gasteiger partial charge in [-0.2, -0.15) is 0 Å². The van der Waals surface area contributed by atoms with Crippen molar-refractivity contribution in [3.05, 3.63) is 48.5 Å². The number of anilines is 2. The molecule has 0 bridgehead atoms. The summed E-state index contributed by atoms with van der Waals surface area (Å²) < 4.78 is 25.4. The van der Waals surface area contributed by atoms with Crippen LogP contribution in [0, 0.1) is 5.92 Å². The van der Waals surface area contributed by atoms with Crippen molar-refractivity contribution in [2.75, 3.05) is 4.90 Å². The molecule has 0 saturated carbocycles. The van der Waals surface area contributed by atoms with E-state index in [2.05, 4.69) is 0 Å². The Hall–Kier alpha value is -2.14. The average Bonchev–Trinajstić information content (AvgIpc) is 2.47. The molecule has 4 nitrogen and oxygen atoms in total. The molecular weight excluding hydrogens is 286 g/mol. The Bertz CT molecular complexity index is 771. The van der Waals surface area contributed by atoms with Crippen LogP contribution in [0.5, 0.6) is 0 Å². The molecule has 0 spiro atoms. The van der Waals surface area contributed by atoms with Crippen LogP contribution in [0.4, 0.5) is 11.4 Å². The van der Waals surface area contributed by atoms with Gasteiger partial charge in [-0.05, 0) is 24.3 Å². The lowest BCUT2D eigenvalue weighted by Gasteiger charge is -2.32. The number of benzene rings is 2. The molecule has 5 heteroatoms. The van der Waals surface area contributed by atoms with Gasteiger partial charge in [0.05, 0.1) is 21.2 Å². The Kier molecular flexibility index (Phi) is 3.10. The molecule has 21 heavy (non-hydrogen) atoms. The van der Waals surface area contributed by atoms with Crippen LogP contribution < -0.4 is 4.90 Å². The van der Waals surface area contributed by atoms with E-state index in [1.54, 1.807) is 62.4 Å². The predicted octanol–water partition coefficient (Wildman–Crippen LogP) is 3.15. The standard InChI is InChI=1S/C16H15NO3S/c1-11(2)16(18)17-12-7-3-5-9-14(12)21(19,20)15-10-6-4-8-13(15)17/h3-11H,1-2H3. The van der Waals surface area contributed by atoms with E-state index in [-0.39, 0.29) is 21.6 Å². The number of fused-ring (bicyclic) bond motifs is 2. The summed E-state index contributed by atoms with van der Waals surface area (Å²) >= 11 is 0. The quantitative estimate of drug-likeness (QED) is 0.813. The van der Waals surface area contributed by atoms with Crippen LogP contribution in [0.1, 0.15) is 13.8 Å². The van der Waals surface area contributed by atoms with Gasteiger partial charge in [-0.15, -0.1) is 0 Å². The summed E-state index contributed by atoms with van der Waals surface area (Å²) in [6, 6.07) is 13.2. The van der Waals surface area contributed by atoms with Gasteiger partial charge >= 0.3 is 0 Å². The molecule has 1 heterocycles. The maximum atomic E-state index is 12.7. The summed E-state index contributed by atoms with van der Waals surface area (Å²) in [4.78, 5) is 14.4. The van der Waals surface area contributed by atoms with E-state index in [0.29, 0.717) is 11.4 Å². The van der Waals surface area contributed by atoms with Gasteiger partial charge in [0.2, 0.25) is 15.7 Å². The van der Waals surface area contributed by atoms with E-state index < -0.39 is 9.84 Å². The zero-order valence-corrected chi connectivity index (χ0v) is 12.6. The lowest BCUT2D eigenvalue weighted by atomic mass is 10.1. The van der Waals surface area contributed by atoms with Crippen LogP contribution in [0.25, 0.3) is 0 Å². The highest BCUT2D eigenvalue weighted by molar-refractivity contribution is 7.92. The highest BCUT2D eigenvalue weighted by Gasteiger charge is 2.36. The SMILES string of the molecule is CC(C)C(=O)N1c2ccccc2S(=O)(=O)c2ccccc21. The minimum Gasteiger partial charge on any atom is -0.278 e. The number of sulfone groups is 1.